The zero-order valence-corrected chi connectivity index (χ0v) is 15.5. The molecule has 0 aliphatic rings. The quantitative estimate of drug-likeness (QED) is 0.504. The van der Waals surface area contributed by atoms with Crippen LogP contribution < -0.4 is 0 Å². The first-order valence-corrected chi connectivity index (χ1v) is 9.00. The summed E-state index contributed by atoms with van der Waals surface area (Å²) in [6.45, 7) is 7.11. The molecule has 0 aromatic heterocycles. The van der Waals surface area contributed by atoms with Crippen molar-refractivity contribution in [3.63, 3.8) is 0 Å². The second-order valence-corrected chi connectivity index (χ2v) is 7.45. The van der Waals surface area contributed by atoms with Crippen LogP contribution in [0.2, 0.25) is 0 Å². The van der Waals surface area contributed by atoms with Crippen molar-refractivity contribution in [3.8, 4) is 0 Å². The molecule has 0 amide bonds. The molecule has 0 aliphatic heterocycles. The average molecular weight is 408 g/mol. The smallest absolute Gasteiger partial charge is 0.0717 e. The van der Waals surface area contributed by atoms with Gasteiger partial charge in [-0.2, -0.15) is 0 Å². The minimum Gasteiger partial charge on any atom is -0.376 e. The highest BCUT2D eigenvalue weighted by Crippen LogP contribution is 2.11. The maximum absolute atomic E-state index is 5.69. The van der Waals surface area contributed by atoms with Gasteiger partial charge in [-0.3, -0.25) is 0 Å². The average Bonchev–Trinajstić information content (AvgIpc) is 2.47. The summed E-state index contributed by atoms with van der Waals surface area (Å²) < 4.78 is 11.4. The van der Waals surface area contributed by atoms with E-state index in [4.69, 9.17) is 9.47 Å². The number of benzene rings is 1. The Balaban J connectivity index is 2.33. The molecule has 2 nitrogen and oxygen atoms in total. The number of ether oxygens (including phenoxy) is 2. The van der Waals surface area contributed by atoms with E-state index >= 15 is 0 Å². The third-order valence-corrected chi connectivity index (χ3v) is 4.84. The van der Waals surface area contributed by atoms with E-state index in [-0.39, 0.29) is 0 Å². The lowest BCUT2D eigenvalue weighted by molar-refractivity contribution is 0.118. The lowest BCUT2D eigenvalue weighted by Crippen LogP contribution is -2.08. The van der Waals surface area contributed by atoms with Crippen LogP contribution in [0.1, 0.15) is 37.8 Å². The van der Waals surface area contributed by atoms with Crippen LogP contribution in [0.3, 0.4) is 0 Å². The number of rotatable bonds is 10. The van der Waals surface area contributed by atoms with Crippen molar-refractivity contribution < 1.29 is 9.47 Å². The molecular formula is C16H24Br2O2. The number of alkyl halides is 2. The fraction of sp³-hybridized carbons (Fsp3) is 0.625. The van der Waals surface area contributed by atoms with Crippen LogP contribution in [0.4, 0.5) is 0 Å². The Hall–Kier alpha value is 0.100. The van der Waals surface area contributed by atoms with Crippen molar-refractivity contribution in [1.82, 2.24) is 0 Å². The van der Waals surface area contributed by atoms with Gasteiger partial charge in [0.1, 0.15) is 0 Å². The van der Waals surface area contributed by atoms with Gasteiger partial charge in [0, 0.05) is 9.65 Å². The molecule has 0 bridgehead atoms. The largest absolute Gasteiger partial charge is 0.376 e. The SMILES string of the molecule is CCC(Br)COCc1cccc(COCC(Br)CC)c1. The fourth-order valence-electron chi connectivity index (χ4n) is 1.65. The number of halogens is 2. The third-order valence-electron chi connectivity index (χ3n) is 3.01. The molecule has 4 heteroatoms. The summed E-state index contributed by atoms with van der Waals surface area (Å²) in [4.78, 5) is 0.887. The minimum atomic E-state index is 0.443. The highest BCUT2D eigenvalue weighted by molar-refractivity contribution is 9.09. The summed E-state index contributed by atoms with van der Waals surface area (Å²) in [5.74, 6) is 0. The molecule has 0 N–H and O–H groups in total. The van der Waals surface area contributed by atoms with Gasteiger partial charge in [0.15, 0.2) is 0 Å². The van der Waals surface area contributed by atoms with Crippen molar-refractivity contribution >= 4 is 31.9 Å². The summed E-state index contributed by atoms with van der Waals surface area (Å²) in [6, 6.07) is 8.41. The van der Waals surface area contributed by atoms with Gasteiger partial charge >= 0.3 is 0 Å². The molecule has 0 saturated carbocycles. The topological polar surface area (TPSA) is 18.5 Å². The standard InChI is InChI=1S/C16H24Br2O2/c1-3-15(17)11-19-9-13-6-5-7-14(8-13)10-20-12-16(18)4-2/h5-8,15-16H,3-4,9-12H2,1-2H3. The van der Waals surface area contributed by atoms with Crippen LogP contribution in [0.15, 0.2) is 24.3 Å². The van der Waals surface area contributed by atoms with Gasteiger partial charge in [-0.25, -0.2) is 0 Å². The molecule has 0 aliphatic carbocycles. The van der Waals surface area contributed by atoms with E-state index in [1.165, 1.54) is 11.1 Å². The first kappa shape index (κ1) is 18.1. The van der Waals surface area contributed by atoms with Gasteiger partial charge in [-0.15, -0.1) is 0 Å². The third kappa shape index (κ3) is 7.77. The van der Waals surface area contributed by atoms with Crippen LogP contribution in [0, 0.1) is 0 Å². The zero-order chi connectivity index (χ0) is 14.8. The van der Waals surface area contributed by atoms with Crippen LogP contribution >= 0.6 is 31.9 Å². The molecular weight excluding hydrogens is 384 g/mol. The van der Waals surface area contributed by atoms with Crippen LogP contribution in [0.5, 0.6) is 0 Å². The lowest BCUT2D eigenvalue weighted by atomic mass is 10.1. The summed E-state index contributed by atoms with van der Waals surface area (Å²) in [7, 11) is 0. The van der Waals surface area contributed by atoms with E-state index in [0.29, 0.717) is 22.9 Å². The van der Waals surface area contributed by atoms with Crippen molar-refractivity contribution in [1.29, 1.82) is 0 Å². The Morgan fingerprint density at radius 2 is 1.35 bits per heavy atom. The van der Waals surface area contributed by atoms with Crippen LogP contribution in [-0.4, -0.2) is 22.9 Å². The van der Waals surface area contributed by atoms with Gasteiger partial charge in [-0.05, 0) is 24.0 Å². The molecule has 20 heavy (non-hydrogen) atoms. The second-order valence-electron chi connectivity index (χ2n) is 4.86. The van der Waals surface area contributed by atoms with Crippen LogP contribution in [-0.2, 0) is 22.7 Å². The first-order chi connectivity index (χ1) is 9.65. The summed E-state index contributed by atoms with van der Waals surface area (Å²) in [6.07, 6.45) is 2.16. The number of hydrogen-bond donors (Lipinski definition) is 0. The second kappa shape index (κ2) is 10.8. The minimum absolute atomic E-state index is 0.443. The fourth-order valence-corrected chi connectivity index (χ4v) is 2.03. The monoisotopic (exact) mass is 406 g/mol. The maximum Gasteiger partial charge on any atom is 0.0717 e. The predicted octanol–water partition coefficient (Wildman–Crippen LogP) is 5.07. The molecule has 2 atom stereocenters. The Bertz CT molecular complexity index is 340. The Kier molecular flexibility index (Phi) is 9.78. The van der Waals surface area contributed by atoms with Gasteiger partial charge in [-0.1, -0.05) is 70.0 Å². The van der Waals surface area contributed by atoms with E-state index in [9.17, 15) is 0 Å². The normalized spacial score (nSPS) is 14.2. The van der Waals surface area contributed by atoms with E-state index < -0.39 is 0 Å². The molecule has 0 fully saturated rings. The maximum atomic E-state index is 5.69. The predicted molar refractivity (Wildman–Crippen MR) is 91.8 cm³/mol. The van der Waals surface area contributed by atoms with Gasteiger partial charge in [0.05, 0.1) is 26.4 Å². The lowest BCUT2D eigenvalue weighted by Gasteiger charge is -2.10. The van der Waals surface area contributed by atoms with Crippen molar-refractivity contribution in [3.05, 3.63) is 35.4 Å². The molecule has 1 rings (SSSR count). The summed E-state index contributed by atoms with van der Waals surface area (Å²) in [5.41, 5.74) is 2.40. The molecule has 2 unspecified atom stereocenters. The van der Waals surface area contributed by atoms with Crippen LogP contribution in [0.25, 0.3) is 0 Å². The summed E-state index contributed by atoms with van der Waals surface area (Å²) in [5, 5.41) is 0. The van der Waals surface area contributed by atoms with Gasteiger partial charge in [0.2, 0.25) is 0 Å². The first-order valence-electron chi connectivity index (χ1n) is 7.17. The Morgan fingerprint density at radius 1 is 0.900 bits per heavy atom. The van der Waals surface area contributed by atoms with E-state index in [1.54, 1.807) is 0 Å². The number of hydrogen-bond acceptors (Lipinski definition) is 2. The van der Waals surface area contributed by atoms with E-state index in [0.717, 1.165) is 26.1 Å². The molecule has 0 heterocycles. The van der Waals surface area contributed by atoms with Gasteiger partial charge < -0.3 is 9.47 Å². The van der Waals surface area contributed by atoms with E-state index in [2.05, 4.69) is 70.0 Å². The highest BCUT2D eigenvalue weighted by atomic mass is 79.9. The molecule has 114 valence electrons. The highest BCUT2D eigenvalue weighted by Gasteiger charge is 2.03. The molecule has 0 spiro atoms. The van der Waals surface area contributed by atoms with Crippen molar-refractivity contribution in [2.24, 2.45) is 0 Å². The molecule has 1 aromatic rings. The van der Waals surface area contributed by atoms with E-state index in [1.807, 2.05) is 0 Å². The Morgan fingerprint density at radius 3 is 1.75 bits per heavy atom. The molecule has 0 saturated heterocycles. The zero-order valence-electron chi connectivity index (χ0n) is 12.3. The molecule has 1 aromatic carbocycles. The van der Waals surface area contributed by atoms with Crippen molar-refractivity contribution in [2.75, 3.05) is 13.2 Å². The van der Waals surface area contributed by atoms with Gasteiger partial charge in [0.25, 0.3) is 0 Å². The summed E-state index contributed by atoms with van der Waals surface area (Å²) >= 11 is 7.14. The van der Waals surface area contributed by atoms with Crippen molar-refractivity contribution in [2.45, 2.75) is 49.6 Å². The Labute approximate surface area is 139 Å². The molecule has 0 radical (unpaired) electrons.